The predicted octanol–water partition coefficient (Wildman–Crippen LogP) is 3.31. The number of rotatable bonds is 2. The fourth-order valence-electron chi connectivity index (χ4n) is 2.34. The predicted molar refractivity (Wildman–Crippen MR) is 75.0 cm³/mol. The van der Waals surface area contributed by atoms with Crippen LogP contribution in [0.15, 0.2) is 24.3 Å². The van der Waals surface area contributed by atoms with Crippen molar-refractivity contribution in [1.29, 1.82) is 0 Å². The van der Waals surface area contributed by atoms with Crippen LogP contribution in [0.2, 0.25) is 0 Å². The van der Waals surface area contributed by atoms with E-state index < -0.39 is 0 Å². The Kier molecular flexibility index (Phi) is 3.10. The maximum absolute atomic E-state index is 5.70. The van der Waals surface area contributed by atoms with Crippen LogP contribution in [0.4, 0.5) is 0 Å². The second-order valence-corrected chi connectivity index (χ2v) is 5.11. The number of nitrogens with zero attached hydrogens (tertiary/aromatic N) is 1. The first kappa shape index (κ1) is 11.5. The quantitative estimate of drug-likeness (QED) is 0.781. The summed E-state index contributed by atoms with van der Waals surface area (Å²) < 4.78 is 14.9. The highest BCUT2D eigenvalue weighted by Crippen LogP contribution is 2.34. The van der Waals surface area contributed by atoms with Crippen molar-refractivity contribution in [3.63, 3.8) is 0 Å². The summed E-state index contributed by atoms with van der Waals surface area (Å²) in [5, 5.41) is 1.29. The molecule has 3 nitrogen and oxygen atoms in total. The molecule has 1 aromatic heterocycles. The maximum Gasteiger partial charge on any atom is 0.244 e. The van der Waals surface area contributed by atoms with E-state index >= 15 is 0 Å². The minimum atomic E-state index is -0.267. The molecule has 2 heterocycles. The lowest BCUT2D eigenvalue weighted by atomic mass is 10.2. The Balaban J connectivity index is 2.24. The van der Waals surface area contributed by atoms with E-state index in [2.05, 4.69) is 51.4 Å². The third-order valence-corrected chi connectivity index (χ3v) is 4.27. The number of ether oxygens (including phenoxy) is 2. The van der Waals surface area contributed by atoms with Crippen molar-refractivity contribution in [2.75, 3.05) is 13.2 Å². The molecule has 1 atom stereocenters. The van der Waals surface area contributed by atoms with Crippen molar-refractivity contribution >= 4 is 33.5 Å². The molecule has 2 aromatic rings. The molecule has 1 aromatic carbocycles. The highest BCUT2D eigenvalue weighted by Gasteiger charge is 2.25. The molecule has 4 heteroatoms. The number of halogens is 1. The number of fused-ring (bicyclic) bond motifs is 3. The van der Waals surface area contributed by atoms with Crippen LogP contribution in [0.25, 0.3) is 10.9 Å². The lowest BCUT2D eigenvalue weighted by Crippen LogP contribution is -2.25. The molecular weight excluding hydrogens is 329 g/mol. The van der Waals surface area contributed by atoms with Crippen LogP contribution in [-0.2, 0) is 15.9 Å². The van der Waals surface area contributed by atoms with Crippen molar-refractivity contribution in [1.82, 2.24) is 4.57 Å². The lowest BCUT2D eigenvalue weighted by Gasteiger charge is -2.27. The van der Waals surface area contributed by atoms with Gasteiger partial charge in [-0.25, -0.2) is 0 Å². The zero-order chi connectivity index (χ0) is 11.8. The monoisotopic (exact) mass is 343 g/mol. The molecule has 3 rings (SSSR count). The average Bonchev–Trinajstić information content (AvgIpc) is 2.66. The van der Waals surface area contributed by atoms with Crippen LogP contribution < -0.4 is 0 Å². The zero-order valence-corrected chi connectivity index (χ0v) is 11.8. The third-order valence-electron chi connectivity index (χ3n) is 3.06. The molecule has 0 aliphatic carbocycles. The van der Waals surface area contributed by atoms with E-state index in [1.807, 2.05) is 6.92 Å². The number of hydrogen-bond donors (Lipinski definition) is 0. The summed E-state index contributed by atoms with van der Waals surface area (Å²) in [7, 11) is 0. The fraction of sp³-hybridized carbons (Fsp3) is 0.385. The third kappa shape index (κ3) is 1.78. The largest absolute Gasteiger partial charge is 0.335 e. The highest BCUT2D eigenvalue weighted by molar-refractivity contribution is 14.1. The molecule has 0 saturated heterocycles. The number of hydrogen-bond acceptors (Lipinski definition) is 2. The first-order chi connectivity index (χ1) is 8.33. The van der Waals surface area contributed by atoms with Crippen LogP contribution in [-0.4, -0.2) is 17.8 Å². The Bertz CT molecular complexity index is 550. The molecule has 90 valence electrons. The Morgan fingerprint density at radius 3 is 3.12 bits per heavy atom. The molecule has 0 radical (unpaired) electrons. The molecule has 0 saturated carbocycles. The van der Waals surface area contributed by atoms with E-state index in [1.165, 1.54) is 20.2 Å². The maximum atomic E-state index is 5.70. The van der Waals surface area contributed by atoms with Crippen molar-refractivity contribution in [3.05, 3.63) is 33.5 Å². The number of para-hydroxylation sites is 1. The molecule has 1 unspecified atom stereocenters. The van der Waals surface area contributed by atoms with Crippen LogP contribution in [0.3, 0.4) is 0 Å². The van der Waals surface area contributed by atoms with Crippen LogP contribution in [0.5, 0.6) is 0 Å². The first-order valence-corrected chi connectivity index (χ1v) is 6.91. The van der Waals surface area contributed by atoms with E-state index in [1.54, 1.807) is 0 Å². The summed E-state index contributed by atoms with van der Waals surface area (Å²) >= 11 is 2.42. The summed E-state index contributed by atoms with van der Waals surface area (Å²) in [6.45, 7) is 3.39. The van der Waals surface area contributed by atoms with Crippen molar-refractivity contribution in [2.24, 2.45) is 0 Å². The second kappa shape index (κ2) is 4.59. The summed E-state index contributed by atoms with van der Waals surface area (Å²) in [5.74, 6) is 0. The number of aromatic nitrogens is 1. The summed E-state index contributed by atoms with van der Waals surface area (Å²) in [6.07, 6.45) is 0.688. The first-order valence-electron chi connectivity index (χ1n) is 5.83. The standard InChI is InChI=1S/C13H14INO2/c1-2-16-13-15-10-6-4-3-5-9(10)12(14)11(15)7-8-17-13/h3-6,13H,2,7-8H2,1H3. The van der Waals surface area contributed by atoms with Gasteiger partial charge in [0.2, 0.25) is 6.41 Å². The van der Waals surface area contributed by atoms with E-state index in [0.717, 1.165) is 13.0 Å². The highest BCUT2D eigenvalue weighted by atomic mass is 127. The van der Waals surface area contributed by atoms with Gasteiger partial charge in [0, 0.05) is 27.7 Å². The minimum absolute atomic E-state index is 0.267. The van der Waals surface area contributed by atoms with Gasteiger partial charge in [0.25, 0.3) is 0 Å². The minimum Gasteiger partial charge on any atom is -0.335 e. The van der Waals surface area contributed by atoms with Crippen LogP contribution in [0, 0.1) is 3.57 Å². The van der Waals surface area contributed by atoms with Gasteiger partial charge in [-0.2, -0.15) is 0 Å². The van der Waals surface area contributed by atoms with Gasteiger partial charge in [-0.05, 0) is 35.6 Å². The fourth-order valence-corrected chi connectivity index (χ4v) is 3.33. The normalized spacial score (nSPS) is 19.5. The number of benzene rings is 1. The molecule has 17 heavy (non-hydrogen) atoms. The molecular formula is C13H14INO2. The van der Waals surface area contributed by atoms with Gasteiger partial charge in [-0.15, -0.1) is 0 Å². The van der Waals surface area contributed by atoms with Gasteiger partial charge < -0.3 is 9.47 Å². The molecule has 0 N–H and O–H groups in total. The molecule has 0 spiro atoms. The van der Waals surface area contributed by atoms with Gasteiger partial charge in [-0.3, -0.25) is 4.57 Å². The zero-order valence-electron chi connectivity index (χ0n) is 9.65. The Morgan fingerprint density at radius 2 is 2.29 bits per heavy atom. The Labute approximate surface area is 114 Å². The van der Waals surface area contributed by atoms with Gasteiger partial charge in [0.15, 0.2) is 0 Å². The van der Waals surface area contributed by atoms with E-state index in [9.17, 15) is 0 Å². The molecule has 1 aliphatic heterocycles. The average molecular weight is 343 g/mol. The smallest absolute Gasteiger partial charge is 0.244 e. The molecule has 1 aliphatic rings. The Morgan fingerprint density at radius 1 is 1.47 bits per heavy atom. The summed E-state index contributed by atoms with van der Waals surface area (Å²) in [4.78, 5) is 0. The topological polar surface area (TPSA) is 23.4 Å². The molecule has 0 amide bonds. The van der Waals surface area contributed by atoms with Crippen molar-refractivity contribution in [3.8, 4) is 0 Å². The summed E-state index contributed by atoms with van der Waals surface area (Å²) in [5.41, 5.74) is 2.53. The van der Waals surface area contributed by atoms with E-state index in [-0.39, 0.29) is 6.41 Å². The second-order valence-electron chi connectivity index (χ2n) is 4.03. The van der Waals surface area contributed by atoms with Crippen LogP contribution in [0.1, 0.15) is 19.0 Å². The van der Waals surface area contributed by atoms with Crippen molar-refractivity contribution in [2.45, 2.75) is 19.8 Å². The molecule has 0 bridgehead atoms. The van der Waals surface area contributed by atoms with E-state index in [4.69, 9.17) is 9.47 Å². The van der Waals surface area contributed by atoms with Crippen molar-refractivity contribution < 1.29 is 9.47 Å². The van der Waals surface area contributed by atoms with Gasteiger partial charge in [0.1, 0.15) is 0 Å². The molecule has 0 fully saturated rings. The van der Waals surface area contributed by atoms with Crippen LogP contribution >= 0.6 is 22.6 Å². The summed E-state index contributed by atoms with van der Waals surface area (Å²) in [6, 6.07) is 8.42. The van der Waals surface area contributed by atoms with Gasteiger partial charge >= 0.3 is 0 Å². The SMILES string of the molecule is CCOC1OCCc2c(I)c3ccccc3n21. The van der Waals surface area contributed by atoms with Gasteiger partial charge in [-0.1, -0.05) is 18.2 Å². The Hall–Kier alpha value is -0.590. The van der Waals surface area contributed by atoms with Gasteiger partial charge in [0.05, 0.1) is 12.1 Å². The van der Waals surface area contributed by atoms with E-state index in [0.29, 0.717) is 6.61 Å². The lowest BCUT2D eigenvalue weighted by molar-refractivity contribution is -0.197.